The van der Waals surface area contributed by atoms with Crippen molar-refractivity contribution in [2.45, 2.75) is 89.4 Å². The molecule has 2 fully saturated rings. The van der Waals surface area contributed by atoms with E-state index in [-0.39, 0.29) is 51.8 Å². The number of carbonyl (C=O) groups is 3. The Morgan fingerprint density at radius 2 is 1.27 bits per heavy atom. The summed E-state index contributed by atoms with van der Waals surface area (Å²) < 4.78 is 57.8. The van der Waals surface area contributed by atoms with Crippen LogP contribution in [0.3, 0.4) is 0 Å². The lowest BCUT2D eigenvalue weighted by Crippen LogP contribution is -2.61. The molecule has 12 nitrogen and oxygen atoms in total. The second-order valence-corrected chi connectivity index (χ2v) is 18.7. The van der Waals surface area contributed by atoms with Gasteiger partial charge < -0.3 is 42.6 Å². The van der Waals surface area contributed by atoms with E-state index in [0.717, 1.165) is 16.7 Å². The predicted octanol–water partition coefficient (Wildman–Crippen LogP) is 10.4. The molecule has 370 valence electrons. The molecule has 2 saturated carbocycles. The van der Waals surface area contributed by atoms with E-state index in [0.29, 0.717) is 29.0 Å². The molecular formula is C58H66O12. The zero-order valence-electron chi connectivity index (χ0n) is 41.1. The highest BCUT2D eigenvalue weighted by Crippen LogP contribution is 2.60. The molecule has 3 unspecified atom stereocenters. The fraction of sp³-hybridized carbons (Fsp3) is 0.397. The van der Waals surface area contributed by atoms with Crippen molar-refractivity contribution in [3.05, 3.63) is 180 Å². The third kappa shape index (κ3) is 11.4. The van der Waals surface area contributed by atoms with Crippen molar-refractivity contribution in [2.75, 3.05) is 34.7 Å². The molecule has 70 heavy (non-hydrogen) atoms. The molecule has 12 heteroatoms. The van der Waals surface area contributed by atoms with Gasteiger partial charge in [-0.2, -0.15) is 0 Å². The molecule has 0 N–H and O–H groups in total. The van der Waals surface area contributed by atoms with E-state index in [1.165, 1.54) is 7.11 Å². The summed E-state index contributed by atoms with van der Waals surface area (Å²) in [6.07, 6.45) is -0.885. The molecule has 2 bridgehead atoms. The number of Topliss-reactive ketones (excluding diaryl/α,β-unsaturated/α-hetero) is 1. The van der Waals surface area contributed by atoms with Crippen molar-refractivity contribution >= 4 is 17.7 Å². The minimum absolute atomic E-state index is 0.0440. The first kappa shape index (κ1) is 51.7. The smallest absolute Gasteiger partial charge is 0.338 e. The van der Waals surface area contributed by atoms with E-state index in [1.807, 2.05) is 112 Å². The summed E-state index contributed by atoms with van der Waals surface area (Å²) in [6.45, 7) is 10.2. The van der Waals surface area contributed by atoms with Gasteiger partial charge in [-0.05, 0) is 84.5 Å². The van der Waals surface area contributed by atoms with E-state index in [1.54, 1.807) is 68.8 Å². The number of benzene rings is 5. The minimum atomic E-state index is -1.56. The van der Waals surface area contributed by atoms with E-state index in [2.05, 4.69) is 6.58 Å². The SMILES string of the molecule is C=CC(OCc1ccc(OC)cc1)[C@](COCc1ccc(OC)cc1)(OCc1ccccc1)[C@H]1C[C@H](OC(=O)c2ccccc2)C2(OC(=O)c3ccccc3)CCC([C@@H](OCOC)C(=O)[C@@H]1C)C2(C)C. The monoisotopic (exact) mass is 954 g/mol. The second-order valence-electron chi connectivity index (χ2n) is 18.7. The Bertz CT molecular complexity index is 2460. The average molecular weight is 955 g/mol. The molecule has 0 aliphatic heterocycles. The summed E-state index contributed by atoms with van der Waals surface area (Å²) in [6, 6.07) is 42.3. The van der Waals surface area contributed by atoms with Crippen molar-refractivity contribution in [1.29, 1.82) is 0 Å². The number of esters is 2. The van der Waals surface area contributed by atoms with Crippen LogP contribution >= 0.6 is 0 Å². The van der Waals surface area contributed by atoms with Gasteiger partial charge in [-0.3, -0.25) is 4.79 Å². The summed E-state index contributed by atoms with van der Waals surface area (Å²) >= 11 is 0. The van der Waals surface area contributed by atoms with Crippen molar-refractivity contribution < 1.29 is 57.0 Å². The van der Waals surface area contributed by atoms with Gasteiger partial charge in [0.05, 0.1) is 51.8 Å². The van der Waals surface area contributed by atoms with Gasteiger partial charge in [0, 0.05) is 30.3 Å². The summed E-state index contributed by atoms with van der Waals surface area (Å²) in [5.41, 5.74) is -0.935. The standard InChI is InChI=1S/C58H66O12/c1-8-50(66-36-43-26-30-47(64-7)31-27-43)57(68-37-41-18-12-9-13-19-41,38-65-35-42-24-28-46(63-6)29-25-42)49-34-51(69-54(60)44-20-14-10-15-21-44)58(70-55(61)45-22-16-11-17-23-45)33-32-48(56(58,3)4)53(67-39-62-5)52(59)40(49)2/h8-31,40,48-51,53H,1,32-39H2,2-7H3/t40-,48?,49+,50?,51+,53-,57-,58?/m1/s1. The van der Waals surface area contributed by atoms with Crippen molar-refractivity contribution in [3.8, 4) is 11.5 Å². The number of ether oxygens (including phenoxy) is 9. The number of hydrogen-bond acceptors (Lipinski definition) is 12. The van der Waals surface area contributed by atoms with Crippen LogP contribution in [0.5, 0.6) is 11.5 Å². The van der Waals surface area contributed by atoms with Gasteiger partial charge in [-0.25, -0.2) is 9.59 Å². The van der Waals surface area contributed by atoms with Gasteiger partial charge in [-0.15, -0.1) is 6.58 Å². The second kappa shape index (κ2) is 23.6. The van der Waals surface area contributed by atoms with Gasteiger partial charge in [-0.1, -0.05) is 118 Å². The number of rotatable bonds is 22. The molecule has 7 rings (SSSR count). The molecule has 0 spiro atoms. The van der Waals surface area contributed by atoms with E-state index < -0.39 is 64.6 Å². The fourth-order valence-electron chi connectivity index (χ4n) is 10.5. The maximum Gasteiger partial charge on any atom is 0.338 e. The Kier molecular flexibility index (Phi) is 17.5. The molecule has 5 aromatic carbocycles. The predicted molar refractivity (Wildman–Crippen MR) is 264 cm³/mol. The molecule has 0 radical (unpaired) electrons. The molecule has 0 aromatic heterocycles. The summed E-state index contributed by atoms with van der Waals surface area (Å²) in [5, 5.41) is 0. The van der Waals surface area contributed by atoms with Crippen LogP contribution in [0.25, 0.3) is 0 Å². The first-order valence-corrected chi connectivity index (χ1v) is 23.8. The van der Waals surface area contributed by atoms with Crippen LogP contribution in [-0.2, 0) is 57.8 Å². The normalized spacial score (nSPS) is 23.1. The van der Waals surface area contributed by atoms with Crippen LogP contribution < -0.4 is 9.47 Å². The van der Waals surface area contributed by atoms with Crippen LogP contribution in [0.4, 0.5) is 0 Å². The van der Waals surface area contributed by atoms with Crippen molar-refractivity contribution in [2.24, 2.45) is 23.2 Å². The third-order valence-corrected chi connectivity index (χ3v) is 14.5. The van der Waals surface area contributed by atoms with Crippen LogP contribution in [0.1, 0.15) is 77.4 Å². The van der Waals surface area contributed by atoms with E-state index in [9.17, 15) is 9.59 Å². The van der Waals surface area contributed by atoms with Gasteiger partial charge in [0.2, 0.25) is 0 Å². The van der Waals surface area contributed by atoms with Crippen LogP contribution in [0.2, 0.25) is 0 Å². The largest absolute Gasteiger partial charge is 0.497 e. The Morgan fingerprint density at radius 1 is 0.729 bits per heavy atom. The number of fused-ring (bicyclic) bond motifs is 2. The molecule has 8 atom stereocenters. The molecule has 5 aromatic rings. The van der Waals surface area contributed by atoms with E-state index in [4.69, 9.17) is 42.6 Å². The highest BCUT2D eigenvalue weighted by molar-refractivity contribution is 5.91. The molecule has 0 amide bonds. The van der Waals surface area contributed by atoms with Crippen molar-refractivity contribution in [3.63, 3.8) is 0 Å². The molecular weight excluding hydrogens is 889 g/mol. The Labute approximate surface area is 412 Å². The Balaban J connectivity index is 1.45. The number of hydrogen-bond donors (Lipinski definition) is 0. The topological polar surface area (TPSA) is 134 Å². The lowest BCUT2D eigenvalue weighted by Gasteiger charge is -2.50. The first-order chi connectivity index (χ1) is 33.9. The van der Waals surface area contributed by atoms with Gasteiger partial charge in [0.15, 0.2) is 11.4 Å². The summed E-state index contributed by atoms with van der Waals surface area (Å²) in [5.74, 6) is -2.36. The molecule has 2 aliphatic carbocycles. The third-order valence-electron chi connectivity index (χ3n) is 14.5. The maximum atomic E-state index is 15.8. The van der Waals surface area contributed by atoms with Crippen LogP contribution in [0, 0.1) is 23.2 Å². The Morgan fingerprint density at radius 3 is 1.83 bits per heavy atom. The van der Waals surface area contributed by atoms with Crippen molar-refractivity contribution in [1.82, 2.24) is 0 Å². The van der Waals surface area contributed by atoms with Crippen LogP contribution in [0.15, 0.2) is 152 Å². The average Bonchev–Trinajstić information content (AvgIpc) is 3.66. The summed E-state index contributed by atoms with van der Waals surface area (Å²) in [4.78, 5) is 45.1. The zero-order valence-corrected chi connectivity index (χ0v) is 41.1. The highest BCUT2D eigenvalue weighted by Gasteiger charge is 2.68. The molecule has 0 heterocycles. The zero-order chi connectivity index (χ0) is 49.7. The van der Waals surface area contributed by atoms with Crippen LogP contribution in [-0.4, -0.2) is 82.0 Å². The first-order valence-electron chi connectivity index (χ1n) is 23.8. The lowest BCUT2D eigenvalue weighted by molar-refractivity contribution is -0.220. The summed E-state index contributed by atoms with van der Waals surface area (Å²) in [7, 11) is 4.73. The lowest BCUT2D eigenvalue weighted by atomic mass is 9.66. The fourth-order valence-corrected chi connectivity index (χ4v) is 10.5. The number of methoxy groups -OCH3 is 3. The quantitative estimate of drug-likeness (QED) is 0.0371. The minimum Gasteiger partial charge on any atom is -0.497 e. The number of carbonyl (C=O) groups excluding carboxylic acids is 3. The highest BCUT2D eigenvalue weighted by atomic mass is 16.7. The molecule has 0 saturated heterocycles. The molecule has 2 aliphatic rings. The van der Waals surface area contributed by atoms with E-state index >= 15 is 4.79 Å². The van der Waals surface area contributed by atoms with Gasteiger partial charge >= 0.3 is 11.9 Å². The maximum absolute atomic E-state index is 15.8. The Hall–Kier alpha value is -6.15. The van der Waals surface area contributed by atoms with Gasteiger partial charge in [0.1, 0.15) is 42.2 Å². The number of ketones is 1. The van der Waals surface area contributed by atoms with Gasteiger partial charge in [0.25, 0.3) is 0 Å².